The zero-order valence-electron chi connectivity index (χ0n) is 5.29. The minimum absolute atomic E-state index is 0.0239. The number of aliphatic hydroxyl groups is 1. The molecule has 4 heteroatoms. The van der Waals surface area contributed by atoms with Crippen LogP contribution in [0.3, 0.4) is 0 Å². The SMILES string of the molecule is CN1CC(CO)NC1=O. The van der Waals surface area contributed by atoms with Crippen molar-refractivity contribution in [3.8, 4) is 0 Å². The van der Waals surface area contributed by atoms with Crippen LogP contribution in [-0.2, 0) is 0 Å². The van der Waals surface area contributed by atoms with E-state index in [1.165, 1.54) is 0 Å². The summed E-state index contributed by atoms with van der Waals surface area (Å²) in [5.74, 6) is 0. The molecule has 1 saturated heterocycles. The predicted octanol–water partition coefficient (Wildman–Crippen LogP) is -0.998. The van der Waals surface area contributed by atoms with Crippen LogP contribution >= 0.6 is 0 Å². The zero-order valence-corrected chi connectivity index (χ0v) is 5.29. The van der Waals surface area contributed by atoms with Gasteiger partial charge in [-0.3, -0.25) is 0 Å². The lowest BCUT2D eigenvalue weighted by molar-refractivity contribution is 0.225. The predicted molar refractivity (Wildman–Crippen MR) is 32.0 cm³/mol. The van der Waals surface area contributed by atoms with Gasteiger partial charge in [0.15, 0.2) is 0 Å². The number of hydrogen-bond acceptors (Lipinski definition) is 2. The normalized spacial score (nSPS) is 26.7. The lowest BCUT2D eigenvalue weighted by atomic mass is 10.3. The van der Waals surface area contributed by atoms with Gasteiger partial charge in [-0.25, -0.2) is 4.79 Å². The van der Waals surface area contributed by atoms with Gasteiger partial charge < -0.3 is 15.3 Å². The number of rotatable bonds is 1. The van der Waals surface area contributed by atoms with Crippen molar-refractivity contribution in [1.29, 1.82) is 0 Å². The van der Waals surface area contributed by atoms with E-state index in [1.807, 2.05) is 0 Å². The van der Waals surface area contributed by atoms with Crippen LogP contribution in [0.4, 0.5) is 4.79 Å². The summed E-state index contributed by atoms with van der Waals surface area (Å²) in [6.07, 6.45) is 0. The van der Waals surface area contributed by atoms with Crippen molar-refractivity contribution in [1.82, 2.24) is 10.2 Å². The number of urea groups is 1. The molecular weight excluding hydrogens is 120 g/mol. The van der Waals surface area contributed by atoms with Crippen LogP contribution in [-0.4, -0.2) is 42.3 Å². The number of carbonyl (C=O) groups excluding carboxylic acids is 1. The first-order valence-corrected chi connectivity index (χ1v) is 2.86. The molecule has 9 heavy (non-hydrogen) atoms. The first-order valence-electron chi connectivity index (χ1n) is 2.86. The molecule has 1 unspecified atom stereocenters. The Hall–Kier alpha value is -0.770. The third-order valence-electron chi connectivity index (χ3n) is 1.39. The topological polar surface area (TPSA) is 52.6 Å². The summed E-state index contributed by atoms with van der Waals surface area (Å²) in [5.41, 5.74) is 0. The average Bonchev–Trinajstić information content (AvgIpc) is 2.13. The fraction of sp³-hybridized carbons (Fsp3) is 0.800. The Bertz CT molecular complexity index is 126. The number of carbonyl (C=O) groups is 1. The highest BCUT2D eigenvalue weighted by atomic mass is 16.3. The Balaban J connectivity index is 2.44. The van der Waals surface area contributed by atoms with Crippen molar-refractivity contribution in [2.24, 2.45) is 0 Å². The quantitative estimate of drug-likeness (QED) is 0.478. The van der Waals surface area contributed by atoms with Crippen molar-refractivity contribution in [2.75, 3.05) is 20.2 Å². The maximum absolute atomic E-state index is 10.6. The second kappa shape index (κ2) is 2.23. The lowest BCUT2D eigenvalue weighted by Crippen LogP contribution is -2.29. The van der Waals surface area contributed by atoms with Gasteiger partial charge in [-0.05, 0) is 0 Å². The Morgan fingerprint density at radius 3 is 2.89 bits per heavy atom. The molecule has 0 bridgehead atoms. The van der Waals surface area contributed by atoms with Gasteiger partial charge in [0.2, 0.25) is 0 Å². The van der Waals surface area contributed by atoms with Crippen LogP contribution < -0.4 is 5.32 Å². The average molecular weight is 130 g/mol. The summed E-state index contributed by atoms with van der Waals surface area (Å²) in [6.45, 7) is 0.630. The van der Waals surface area contributed by atoms with E-state index in [0.717, 1.165) is 0 Å². The third kappa shape index (κ3) is 1.13. The lowest BCUT2D eigenvalue weighted by Gasteiger charge is -2.03. The number of hydrogen-bond donors (Lipinski definition) is 2. The molecule has 1 atom stereocenters. The van der Waals surface area contributed by atoms with Gasteiger partial charge in [0.25, 0.3) is 0 Å². The second-order valence-electron chi connectivity index (χ2n) is 2.21. The maximum atomic E-state index is 10.6. The molecule has 0 aromatic rings. The largest absolute Gasteiger partial charge is 0.394 e. The molecule has 1 aliphatic heterocycles. The minimum atomic E-state index is -0.103. The van der Waals surface area contributed by atoms with Crippen molar-refractivity contribution >= 4 is 6.03 Å². The van der Waals surface area contributed by atoms with Crippen molar-refractivity contribution in [2.45, 2.75) is 6.04 Å². The van der Waals surface area contributed by atoms with Gasteiger partial charge in [0.1, 0.15) is 0 Å². The second-order valence-corrected chi connectivity index (χ2v) is 2.21. The highest BCUT2D eigenvalue weighted by Crippen LogP contribution is 1.98. The fourth-order valence-electron chi connectivity index (χ4n) is 0.847. The van der Waals surface area contributed by atoms with Crippen molar-refractivity contribution in [3.63, 3.8) is 0 Å². The first kappa shape index (κ1) is 6.35. The summed E-state index contributed by atoms with van der Waals surface area (Å²) in [7, 11) is 1.70. The number of nitrogens with one attached hydrogen (secondary N) is 1. The molecule has 1 rings (SSSR count). The van der Waals surface area contributed by atoms with Gasteiger partial charge in [0.05, 0.1) is 12.6 Å². The Kier molecular flexibility index (Phi) is 1.57. The Morgan fingerprint density at radius 2 is 2.67 bits per heavy atom. The summed E-state index contributed by atoms with van der Waals surface area (Å²) in [6, 6.07) is -0.170. The highest BCUT2D eigenvalue weighted by Gasteiger charge is 2.23. The van der Waals surface area contributed by atoms with Gasteiger partial charge in [-0.2, -0.15) is 0 Å². The summed E-state index contributed by atoms with van der Waals surface area (Å²) >= 11 is 0. The summed E-state index contributed by atoms with van der Waals surface area (Å²) in [5, 5.41) is 11.2. The molecule has 2 N–H and O–H groups in total. The van der Waals surface area contributed by atoms with Crippen LogP contribution in [0.15, 0.2) is 0 Å². The molecule has 0 radical (unpaired) electrons. The molecule has 1 heterocycles. The first-order chi connectivity index (χ1) is 4.24. The fourth-order valence-corrected chi connectivity index (χ4v) is 0.847. The number of likely N-dealkylation sites (N-methyl/N-ethyl adjacent to an activating group) is 1. The molecule has 1 aliphatic rings. The summed E-state index contributed by atoms with van der Waals surface area (Å²) < 4.78 is 0. The Morgan fingerprint density at radius 1 is 2.00 bits per heavy atom. The monoisotopic (exact) mass is 130 g/mol. The molecule has 0 aliphatic carbocycles. The van der Waals surface area contributed by atoms with Crippen LogP contribution in [0, 0.1) is 0 Å². The van der Waals surface area contributed by atoms with Crippen molar-refractivity contribution < 1.29 is 9.90 Å². The molecule has 52 valence electrons. The van der Waals surface area contributed by atoms with Gasteiger partial charge in [0, 0.05) is 13.6 Å². The maximum Gasteiger partial charge on any atom is 0.317 e. The van der Waals surface area contributed by atoms with Gasteiger partial charge in [-0.1, -0.05) is 0 Å². The molecular formula is C5H10N2O2. The van der Waals surface area contributed by atoms with Crippen molar-refractivity contribution in [3.05, 3.63) is 0 Å². The zero-order chi connectivity index (χ0) is 6.85. The van der Waals surface area contributed by atoms with Crippen LogP contribution in [0.25, 0.3) is 0 Å². The minimum Gasteiger partial charge on any atom is -0.394 e. The van der Waals surface area contributed by atoms with Crippen LogP contribution in [0.2, 0.25) is 0 Å². The van der Waals surface area contributed by atoms with E-state index in [2.05, 4.69) is 5.32 Å². The molecule has 2 amide bonds. The third-order valence-corrected chi connectivity index (χ3v) is 1.39. The molecule has 0 aromatic carbocycles. The smallest absolute Gasteiger partial charge is 0.317 e. The Labute approximate surface area is 53.5 Å². The van der Waals surface area contributed by atoms with E-state index in [0.29, 0.717) is 6.54 Å². The molecule has 0 spiro atoms. The van der Waals surface area contributed by atoms with Gasteiger partial charge in [-0.15, -0.1) is 0 Å². The standard InChI is InChI=1S/C5H10N2O2/c1-7-2-4(3-8)6-5(7)9/h4,8H,2-3H2,1H3,(H,6,9). The van der Waals surface area contributed by atoms with E-state index >= 15 is 0 Å². The van der Waals surface area contributed by atoms with Crippen LogP contribution in [0.5, 0.6) is 0 Å². The van der Waals surface area contributed by atoms with Gasteiger partial charge >= 0.3 is 6.03 Å². The van der Waals surface area contributed by atoms with E-state index < -0.39 is 0 Å². The van der Waals surface area contributed by atoms with E-state index in [4.69, 9.17) is 5.11 Å². The number of amides is 2. The van der Waals surface area contributed by atoms with E-state index in [1.54, 1.807) is 11.9 Å². The molecule has 1 fully saturated rings. The molecule has 0 saturated carbocycles. The van der Waals surface area contributed by atoms with Crippen LogP contribution in [0.1, 0.15) is 0 Å². The van der Waals surface area contributed by atoms with E-state index in [9.17, 15) is 4.79 Å². The number of nitrogens with zero attached hydrogens (tertiary/aromatic N) is 1. The molecule has 4 nitrogen and oxygen atoms in total. The number of aliphatic hydroxyl groups excluding tert-OH is 1. The molecule has 0 aromatic heterocycles. The van der Waals surface area contributed by atoms with E-state index in [-0.39, 0.29) is 18.7 Å². The summed E-state index contributed by atoms with van der Waals surface area (Å²) in [4.78, 5) is 12.2. The highest BCUT2D eigenvalue weighted by molar-refractivity contribution is 5.76.